The standard InChI is InChI=1S/C13H19ClIN3S/c1-8(2)6-9-11(15)12(14)17-13(16-9)10-7-19-5-4-18(10)3/h8,10H,4-7H2,1-3H3. The molecule has 6 heteroatoms. The van der Waals surface area contributed by atoms with Gasteiger partial charge >= 0.3 is 0 Å². The van der Waals surface area contributed by atoms with E-state index in [9.17, 15) is 0 Å². The molecule has 1 aromatic rings. The average molecular weight is 412 g/mol. The van der Waals surface area contributed by atoms with Gasteiger partial charge in [-0.1, -0.05) is 25.4 Å². The third-order valence-electron chi connectivity index (χ3n) is 3.19. The Morgan fingerprint density at radius 1 is 1.47 bits per heavy atom. The molecule has 19 heavy (non-hydrogen) atoms. The molecule has 0 N–H and O–H groups in total. The summed E-state index contributed by atoms with van der Waals surface area (Å²) in [7, 11) is 2.14. The van der Waals surface area contributed by atoms with Crippen LogP contribution in [0.5, 0.6) is 0 Å². The Hall–Kier alpha value is 0.410. The van der Waals surface area contributed by atoms with Gasteiger partial charge in [0.05, 0.1) is 15.3 Å². The monoisotopic (exact) mass is 411 g/mol. The van der Waals surface area contributed by atoms with Gasteiger partial charge in [-0.3, -0.25) is 4.90 Å². The SMILES string of the molecule is CC(C)Cc1nc(C2CSCCN2C)nc(Cl)c1I. The summed E-state index contributed by atoms with van der Waals surface area (Å²) in [6.45, 7) is 5.49. The number of hydrogen-bond donors (Lipinski definition) is 0. The maximum Gasteiger partial charge on any atom is 0.148 e. The van der Waals surface area contributed by atoms with Crippen LogP contribution in [0.4, 0.5) is 0 Å². The molecule has 0 amide bonds. The highest BCUT2D eigenvalue weighted by atomic mass is 127. The van der Waals surface area contributed by atoms with Gasteiger partial charge in [-0.05, 0) is 42.0 Å². The van der Waals surface area contributed by atoms with E-state index in [4.69, 9.17) is 16.6 Å². The van der Waals surface area contributed by atoms with Gasteiger partial charge in [0.1, 0.15) is 11.0 Å². The van der Waals surface area contributed by atoms with Crippen molar-refractivity contribution in [3.63, 3.8) is 0 Å². The Labute approximate surface area is 138 Å². The number of rotatable bonds is 3. The van der Waals surface area contributed by atoms with E-state index in [-0.39, 0.29) is 0 Å². The number of nitrogens with zero attached hydrogens (tertiary/aromatic N) is 3. The van der Waals surface area contributed by atoms with Crippen molar-refractivity contribution >= 4 is 46.0 Å². The summed E-state index contributed by atoms with van der Waals surface area (Å²) >= 11 is 10.5. The smallest absolute Gasteiger partial charge is 0.148 e. The van der Waals surface area contributed by atoms with Crippen molar-refractivity contribution in [2.45, 2.75) is 26.3 Å². The maximum atomic E-state index is 6.29. The molecule has 1 saturated heterocycles. The molecule has 0 bridgehead atoms. The van der Waals surface area contributed by atoms with Crippen molar-refractivity contribution in [2.24, 2.45) is 5.92 Å². The Kier molecular flexibility index (Phi) is 5.75. The van der Waals surface area contributed by atoms with Crippen molar-refractivity contribution in [3.8, 4) is 0 Å². The van der Waals surface area contributed by atoms with Gasteiger partial charge < -0.3 is 0 Å². The highest BCUT2D eigenvalue weighted by Gasteiger charge is 2.25. The minimum atomic E-state index is 0.291. The number of thioether (sulfide) groups is 1. The lowest BCUT2D eigenvalue weighted by Gasteiger charge is -2.31. The van der Waals surface area contributed by atoms with Crippen LogP contribution in [-0.4, -0.2) is 40.0 Å². The molecule has 1 fully saturated rings. The fourth-order valence-corrected chi connectivity index (χ4v) is 3.98. The molecule has 0 saturated carbocycles. The van der Waals surface area contributed by atoms with E-state index >= 15 is 0 Å². The van der Waals surface area contributed by atoms with Gasteiger partial charge in [0.2, 0.25) is 0 Å². The van der Waals surface area contributed by atoms with Crippen molar-refractivity contribution in [2.75, 3.05) is 25.1 Å². The first kappa shape index (κ1) is 15.8. The molecule has 1 aliphatic rings. The van der Waals surface area contributed by atoms with E-state index in [1.165, 1.54) is 5.75 Å². The van der Waals surface area contributed by atoms with Gasteiger partial charge in [0.25, 0.3) is 0 Å². The zero-order valence-corrected chi connectivity index (χ0v) is 15.2. The summed E-state index contributed by atoms with van der Waals surface area (Å²) < 4.78 is 1.00. The Bertz CT molecular complexity index is 456. The van der Waals surface area contributed by atoms with E-state index in [0.29, 0.717) is 17.1 Å². The van der Waals surface area contributed by atoms with Crippen molar-refractivity contribution in [1.29, 1.82) is 0 Å². The first-order valence-electron chi connectivity index (χ1n) is 6.48. The van der Waals surface area contributed by atoms with Crippen molar-refractivity contribution in [1.82, 2.24) is 14.9 Å². The summed E-state index contributed by atoms with van der Waals surface area (Å²) in [6.07, 6.45) is 0.955. The zero-order valence-electron chi connectivity index (χ0n) is 11.5. The Morgan fingerprint density at radius 2 is 2.21 bits per heavy atom. The van der Waals surface area contributed by atoms with Gasteiger partial charge in [-0.15, -0.1) is 0 Å². The predicted octanol–water partition coefficient (Wildman–Crippen LogP) is 3.65. The Morgan fingerprint density at radius 3 is 2.84 bits per heavy atom. The Balaban J connectivity index is 2.32. The van der Waals surface area contributed by atoms with Crippen LogP contribution in [0.3, 0.4) is 0 Å². The molecule has 0 radical (unpaired) electrons. The summed E-state index contributed by atoms with van der Waals surface area (Å²) in [4.78, 5) is 11.6. The molecule has 1 aromatic heterocycles. The summed E-state index contributed by atoms with van der Waals surface area (Å²) in [5, 5.41) is 0.602. The zero-order chi connectivity index (χ0) is 14.0. The highest BCUT2D eigenvalue weighted by molar-refractivity contribution is 14.1. The first-order valence-corrected chi connectivity index (χ1v) is 9.10. The van der Waals surface area contributed by atoms with Crippen LogP contribution in [0.2, 0.25) is 5.15 Å². The number of aromatic nitrogens is 2. The molecule has 2 heterocycles. The molecule has 3 nitrogen and oxygen atoms in total. The fourth-order valence-electron chi connectivity index (χ4n) is 2.11. The second-order valence-electron chi connectivity index (χ2n) is 5.30. The van der Waals surface area contributed by atoms with Crippen LogP contribution < -0.4 is 0 Å². The van der Waals surface area contributed by atoms with E-state index in [2.05, 4.69) is 53.4 Å². The van der Waals surface area contributed by atoms with E-state index in [1.807, 2.05) is 11.8 Å². The molecule has 0 spiro atoms. The van der Waals surface area contributed by atoms with Crippen LogP contribution in [0.15, 0.2) is 0 Å². The second kappa shape index (κ2) is 6.91. The maximum absolute atomic E-state index is 6.29. The van der Waals surface area contributed by atoms with Crippen molar-refractivity contribution < 1.29 is 0 Å². The molecule has 1 atom stereocenters. The van der Waals surface area contributed by atoms with Crippen LogP contribution in [0, 0.1) is 9.49 Å². The minimum absolute atomic E-state index is 0.291. The van der Waals surface area contributed by atoms with Gasteiger partial charge in [-0.2, -0.15) is 11.8 Å². The van der Waals surface area contributed by atoms with E-state index in [0.717, 1.165) is 33.8 Å². The second-order valence-corrected chi connectivity index (χ2v) is 7.89. The van der Waals surface area contributed by atoms with Gasteiger partial charge in [-0.25, -0.2) is 9.97 Å². The first-order chi connectivity index (χ1) is 8.99. The summed E-state index contributed by atoms with van der Waals surface area (Å²) in [5.41, 5.74) is 1.09. The lowest BCUT2D eigenvalue weighted by molar-refractivity contribution is 0.264. The van der Waals surface area contributed by atoms with Crippen LogP contribution in [-0.2, 0) is 6.42 Å². The molecule has 2 rings (SSSR count). The van der Waals surface area contributed by atoms with Crippen LogP contribution in [0.25, 0.3) is 0 Å². The third-order valence-corrected chi connectivity index (χ3v) is 5.94. The molecule has 0 aromatic carbocycles. The number of hydrogen-bond acceptors (Lipinski definition) is 4. The van der Waals surface area contributed by atoms with E-state index in [1.54, 1.807) is 0 Å². The molecule has 1 aliphatic heterocycles. The van der Waals surface area contributed by atoms with Crippen LogP contribution >= 0.6 is 46.0 Å². The largest absolute Gasteiger partial charge is 0.295 e. The molecule has 0 aliphatic carbocycles. The predicted molar refractivity (Wildman–Crippen MR) is 91.0 cm³/mol. The topological polar surface area (TPSA) is 29.0 Å². The van der Waals surface area contributed by atoms with Crippen LogP contribution in [0.1, 0.15) is 31.4 Å². The normalized spacial score (nSPS) is 21.1. The van der Waals surface area contributed by atoms with E-state index < -0.39 is 0 Å². The highest BCUT2D eigenvalue weighted by Crippen LogP contribution is 2.29. The lowest BCUT2D eigenvalue weighted by atomic mass is 10.1. The third kappa shape index (κ3) is 3.95. The van der Waals surface area contributed by atoms with Gasteiger partial charge in [0, 0.05) is 18.1 Å². The minimum Gasteiger partial charge on any atom is -0.295 e. The summed E-state index contributed by atoms with van der Waals surface area (Å²) in [5.74, 6) is 3.69. The molecule has 1 unspecified atom stereocenters. The number of halogens is 2. The average Bonchev–Trinajstić information content (AvgIpc) is 2.35. The lowest BCUT2D eigenvalue weighted by Crippen LogP contribution is -2.34. The van der Waals surface area contributed by atoms with Crippen molar-refractivity contribution in [3.05, 3.63) is 20.2 Å². The molecular weight excluding hydrogens is 393 g/mol. The molecular formula is C13H19ClIN3S. The summed E-state index contributed by atoms with van der Waals surface area (Å²) in [6, 6.07) is 0.291. The van der Waals surface area contributed by atoms with Gasteiger partial charge in [0.15, 0.2) is 0 Å². The molecule has 106 valence electrons. The quantitative estimate of drug-likeness (QED) is 0.561. The fraction of sp³-hybridized carbons (Fsp3) is 0.692.